The van der Waals surface area contributed by atoms with Gasteiger partial charge in [0.1, 0.15) is 0 Å². The molecule has 0 saturated heterocycles. The number of nitrogens with one attached hydrogen (secondary N) is 1. The first-order valence-electron chi connectivity index (χ1n) is 7.74. The van der Waals surface area contributed by atoms with Crippen molar-refractivity contribution < 1.29 is 4.79 Å². The first kappa shape index (κ1) is 15.7. The van der Waals surface area contributed by atoms with E-state index in [0.717, 1.165) is 5.56 Å². The van der Waals surface area contributed by atoms with E-state index < -0.39 is 0 Å². The molecule has 0 aliphatic heterocycles. The standard InChI is InChI=1S/C20H18N2O2/c1-22(13-7-10-15-8-3-2-4-9-15)20(24)18-14-21-19(23)17-12-6-5-11-16(17)18/h2-12,14H,13H2,1H3,(H,21,23). The van der Waals surface area contributed by atoms with Crippen LogP contribution in [-0.4, -0.2) is 29.4 Å². The highest BCUT2D eigenvalue weighted by atomic mass is 16.2. The molecule has 0 radical (unpaired) electrons. The molecule has 0 bridgehead atoms. The molecule has 24 heavy (non-hydrogen) atoms. The normalized spacial score (nSPS) is 11.0. The van der Waals surface area contributed by atoms with E-state index in [2.05, 4.69) is 4.98 Å². The Morgan fingerprint density at radius 2 is 1.71 bits per heavy atom. The van der Waals surface area contributed by atoms with E-state index in [0.29, 0.717) is 22.9 Å². The Morgan fingerprint density at radius 1 is 1.04 bits per heavy atom. The van der Waals surface area contributed by atoms with E-state index in [4.69, 9.17) is 0 Å². The smallest absolute Gasteiger partial charge is 0.255 e. The number of aromatic amines is 1. The summed E-state index contributed by atoms with van der Waals surface area (Å²) in [6, 6.07) is 17.1. The zero-order chi connectivity index (χ0) is 16.9. The summed E-state index contributed by atoms with van der Waals surface area (Å²) >= 11 is 0. The molecule has 0 spiro atoms. The summed E-state index contributed by atoms with van der Waals surface area (Å²) in [7, 11) is 1.75. The van der Waals surface area contributed by atoms with E-state index in [1.54, 1.807) is 30.1 Å². The first-order valence-corrected chi connectivity index (χ1v) is 7.74. The number of likely N-dealkylation sites (N-methyl/N-ethyl adjacent to an activating group) is 1. The van der Waals surface area contributed by atoms with Crippen molar-refractivity contribution in [3.8, 4) is 0 Å². The number of rotatable bonds is 4. The van der Waals surface area contributed by atoms with Crippen molar-refractivity contribution >= 4 is 22.8 Å². The number of hydrogen-bond acceptors (Lipinski definition) is 2. The average molecular weight is 318 g/mol. The van der Waals surface area contributed by atoms with Gasteiger partial charge >= 0.3 is 0 Å². The lowest BCUT2D eigenvalue weighted by Crippen LogP contribution is -2.27. The Kier molecular flexibility index (Phi) is 4.57. The minimum atomic E-state index is -0.186. The maximum atomic E-state index is 12.7. The number of benzene rings is 2. The summed E-state index contributed by atoms with van der Waals surface area (Å²) in [5, 5.41) is 1.20. The summed E-state index contributed by atoms with van der Waals surface area (Å²) in [5.74, 6) is -0.125. The van der Waals surface area contributed by atoms with Crippen LogP contribution in [0.1, 0.15) is 15.9 Å². The van der Waals surface area contributed by atoms with E-state index in [-0.39, 0.29) is 11.5 Å². The number of pyridine rings is 1. The second-order valence-corrected chi connectivity index (χ2v) is 5.58. The maximum absolute atomic E-state index is 12.7. The lowest BCUT2D eigenvalue weighted by molar-refractivity contribution is 0.0812. The van der Waals surface area contributed by atoms with E-state index in [1.165, 1.54) is 6.20 Å². The number of hydrogen-bond donors (Lipinski definition) is 1. The highest BCUT2D eigenvalue weighted by molar-refractivity contribution is 6.06. The number of carbonyl (C=O) groups is 1. The van der Waals surface area contributed by atoms with Gasteiger partial charge in [0.25, 0.3) is 11.5 Å². The van der Waals surface area contributed by atoms with Crippen LogP contribution in [0.4, 0.5) is 0 Å². The monoisotopic (exact) mass is 318 g/mol. The van der Waals surface area contributed by atoms with Gasteiger partial charge in [0.15, 0.2) is 0 Å². The van der Waals surface area contributed by atoms with Gasteiger partial charge in [-0.3, -0.25) is 9.59 Å². The number of nitrogens with zero attached hydrogens (tertiary/aromatic N) is 1. The molecule has 0 aliphatic carbocycles. The predicted octanol–water partition coefficient (Wildman–Crippen LogP) is 3.31. The number of fused-ring (bicyclic) bond motifs is 1. The fourth-order valence-electron chi connectivity index (χ4n) is 2.59. The van der Waals surface area contributed by atoms with Gasteiger partial charge < -0.3 is 9.88 Å². The van der Waals surface area contributed by atoms with Gasteiger partial charge in [-0.1, -0.05) is 60.7 Å². The molecule has 0 fully saturated rings. The molecule has 3 aromatic rings. The van der Waals surface area contributed by atoms with Crippen LogP contribution in [0, 0.1) is 0 Å². The van der Waals surface area contributed by atoms with Crippen LogP contribution in [0.25, 0.3) is 16.8 Å². The van der Waals surface area contributed by atoms with Gasteiger partial charge in [0, 0.05) is 30.6 Å². The lowest BCUT2D eigenvalue weighted by atomic mass is 10.1. The topological polar surface area (TPSA) is 53.2 Å². The Bertz CT molecular complexity index is 943. The molecule has 4 nitrogen and oxygen atoms in total. The minimum Gasteiger partial charge on any atom is -0.338 e. The molecule has 3 rings (SSSR count). The molecule has 2 aromatic carbocycles. The molecule has 0 atom stereocenters. The van der Waals surface area contributed by atoms with Crippen molar-refractivity contribution in [1.29, 1.82) is 0 Å². The van der Waals surface area contributed by atoms with Gasteiger partial charge in [-0.2, -0.15) is 0 Å². The molecule has 1 heterocycles. The van der Waals surface area contributed by atoms with Crippen molar-refractivity contribution in [3.63, 3.8) is 0 Å². The van der Waals surface area contributed by atoms with Crippen LogP contribution in [0.3, 0.4) is 0 Å². The predicted molar refractivity (Wildman–Crippen MR) is 97.0 cm³/mol. The summed E-state index contributed by atoms with van der Waals surface area (Å²) < 4.78 is 0. The molecule has 0 saturated carbocycles. The van der Waals surface area contributed by atoms with Crippen molar-refractivity contribution in [2.45, 2.75) is 0 Å². The molecule has 120 valence electrons. The summed E-state index contributed by atoms with van der Waals surface area (Å²) in [6.07, 6.45) is 5.42. The van der Waals surface area contributed by atoms with Crippen LogP contribution in [0.2, 0.25) is 0 Å². The minimum absolute atomic E-state index is 0.125. The van der Waals surface area contributed by atoms with Gasteiger partial charge in [-0.25, -0.2) is 0 Å². The Morgan fingerprint density at radius 3 is 2.46 bits per heavy atom. The SMILES string of the molecule is CN(CC=Cc1ccccc1)C(=O)c1c[nH]c(=O)c2ccccc12. The van der Waals surface area contributed by atoms with Crippen molar-refractivity contribution in [2.24, 2.45) is 0 Å². The zero-order valence-corrected chi connectivity index (χ0v) is 13.4. The quantitative estimate of drug-likeness (QED) is 0.802. The number of aromatic nitrogens is 1. The fraction of sp³-hybridized carbons (Fsp3) is 0.100. The first-order chi connectivity index (χ1) is 11.7. The van der Waals surface area contributed by atoms with Gasteiger partial charge in [0.05, 0.1) is 5.56 Å². The number of amides is 1. The van der Waals surface area contributed by atoms with Crippen LogP contribution in [0.5, 0.6) is 0 Å². The van der Waals surface area contributed by atoms with Crippen molar-refractivity contribution in [3.05, 3.63) is 88.4 Å². The molecule has 0 unspecified atom stereocenters. The third kappa shape index (κ3) is 3.27. The number of H-pyrrole nitrogens is 1. The van der Waals surface area contributed by atoms with Gasteiger partial charge in [-0.05, 0) is 11.6 Å². The summed E-state index contributed by atoms with van der Waals surface area (Å²) in [6.45, 7) is 0.487. The molecule has 0 aliphatic rings. The lowest BCUT2D eigenvalue weighted by Gasteiger charge is -2.16. The Balaban J connectivity index is 1.80. The van der Waals surface area contributed by atoms with E-state index in [1.807, 2.05) is 48.6 Å². The molecular formula is C20H18N2O2. The van der Waals surface area contributed by atoms with Crippen molar-refractivity contribution in [2.75, 3.05) is 13.6 Å². The number of carbonyl (C=O) groups excluding carboxylic acids is 1. The average Bonchev–Trinajstić information content (AvgIpc) is 2.62. The Labute approximate surface area is 140 Å². The third-order valence-corrected chi connectivity index (χ3v) is 3.88. The molecule has 1 N–H and O–H groups in total. The molecule has 4 heteroatoms. The van der Waals surface area contributed by atoms with Crippen LogP contribution in [0.15, 0.2) is 71.7 Å². The zero-order valence-electron chi connectivity index (χ0n) is 13.4. The molecule has 1 aromatic heterocycles. The van der Waals surface area contributed by atoms with Crippen LogP contribution in [-0.2, 0) is 0 Å². The summed E-state index contributed by atoms with van der Waals surface area (Å²) in [4.78, 5) is 28.8. The van der Waals surface area contributed by atoms with Crippen LogP contribution >= 0.6 is 0 Å². The summed E-state index contributed by atoms with van der Waals surface area (Å²) in [5.41, 5.74) is 1.41. The Hall–Kier alpha value is -3.14. The largest absolute Gasteiger partial charge is 0.338 e. The third-order valence-electron chi connectivity index (χ3n) is 3.88. The molecule has 1 amide bonds. The highest BCUT2D eigenvalue weighted by Gasteiger charge is 2.15. The second kappa shape index (κ2) is 6.96. The van der Waals surface area contributed by atoms with Gasteiger partial charge in [0.2, 0.25) is 0 Å². The molecular weight excluding hydrogens is 300 g/mol. The fourth-order valence-corrected chi connectivity index (χ4v) is 2.59. The van der Waals surface area contributed by atoms with Crippen LogP contribution < -0.4 is 5.56 Å². The van der Waals surface area contributed by atoms with Crippen molar-refractivity contribution in [1.82, 2.24) is 9.88 Å². The second-order valence-electron chi connectivity index (χ2n) is 5.58. The maximum Gasteiger partial charge on any atom is 0.255 e. The van der Waals surface area contributed by atoms with E-state index >= 15 is 0 Å². The van der Waals surface area contributed by atoms with E-state index in [9.17, 15) is 9.59 Å². The van der Waals surface area contributed by atoms with Gasteiger partial charge in [-0.15, -0.1) is 0 Å². The highest BCUT2D eigenvalue weighted by Crippen LogP contribution is 2.15.